The summed E-state index contributed by atoms with van der Waals surface area (Å²) in [5, 5.41) is 13.9. The molecule has 1 N–H and O–H groups in total. The minimum atomic E-state index is -0.934. The summed E-state index contributed by atoms with van der Waals surface area (Å²) in [6.45, 7) is 10.2. The molecule has 3 nitrogen and oxygen atoms in total. The molecule has 0 spiro atoms. The molecule has 160 valence electrons. The van der Waals surface area contributed by atoms with Gasteiger partial charge in [0.05, 0.1) is 5.56 Å². The fourth-order valence-electron chi connectivity index (χ4n) is 4.27. The van der Waals surface area contributed by atoms with E-state index < -0.39 is 5.97 Å². The van der Waals surface area contributed by atoms with Gasteiger partial charge in [-0.3, -0.25) is 0 Å². The summed E-state index contributed by atoms with van der Waals surface area (Å²) < 4.78 is 0. The lowest BCUT2D eigenvalue weighted by atomic mass is 9.87. The Hall–Kier alpha value is -3.85. The smallest absolute Gasteiger partial charge is 0.336 e. The Kier molecular flexibility index (Phi) is 6.09. The van der Waals surface area contributed by atoms with E-state index in [1.54, 1.807) is 6.07 Å². The topological polar surface area (TPSA) is 40.5 Å². The average Bonchev–Trinajstić information content (AvgIpc) is 2.82. The van der Waals surface area contributed by atoms with Crippen LogP contribution < -0.4 is 15.3 Å². The Morgan fingerprint density at radius 2 is 1.50 bits per heavy atom. The van der Waals surface area contributed by atoms with Gasteiger partial charge in [-0.05, 0) is 64.4 Å². The molecule has 0 fully saturated rings. The van der Waals surface area contributed by atoms with Crippen LogP contribution in [0.3, 0.4) is 0 Å². The second-order valence-corrected chi connectivity index (χ2v) is 7.81. The van der Waals surface area contributed by atoms with Crippen LogP contribution in [0.15, 0.2) is 84.9 Å². The zero-order valence-electron chi connectivity index (χ0n) is 18.5. The van der Waals surface area contributed by atoms with Gasteiger partial charge < -0.3 is 10.0 Å². The first-order valence-corrected chi connectivity index (χ1v) is 10.9. The van der Waals surface area contributed by atoms with Crippen molar-refractivity contribution in [3.05, 3.63) is 112 Å². The average molecular weight is 422 g/mol. The number of hydrogen-bond donors (Lipinski definition) is 1. The van der Waals surface area contributed by atoms with E-state index in [1.165, 1.54) is 0 Å². The number of fused-ring (bicyclic) bond motifs is 1. The molecular weight excluding hydrogens is 394 g/mol. The molecule has 0 heterocycles. The summed E-state index contributed by atoms with van der Waals surface area (Å²) in [5.41, 5.74) is 4.08. The first-order chi connectivity index (χ1) is 15.5. The predicted octanol–water partition coefficient (Wildman–Crippen LogP) is 5.04. The molecule has 0 atom stereocenters. The zero-order valence-corrected chi connectivity index (χ0v) is 18.5. The van der Waals surface area contributed by atoms with Gasteiger partial charge in [0.1, 0.15) is 0 Å². The molecule has 0 aliphatic heterocycles. The Bertz CT molecular complexity index is 1360. The van der Waals surface area contributed by atoms with Crippen LogP contribution in [-0.2, 0) is 0 Å². The minimum absolute atomic E-state index is 0.296. The fourth-order valence-corrected chi connectivity index (χ4v) is 4.27. The molecular formula is C29H27NO2. The van der Waals surface area contributed by atoms with Gasteiger partial charge in [-0.1, -0.05) is 73.3 Å². The van der Waals surface area contributed by atoms with E-state index in [0.717, 1.165) is 56.7 Å². The third-order valence-corrected chi connectivity index (χ3v) is 5.94. The molecule has 4 aromatic carbocycles. The summed E-state index contributed by atoms with van der Waals surface area (Å²) in [6.07, 6.45) is 0. The summed E-state index contributed by atoms with van der Waals surface area (Å²) >= 11 is 0. The molecule has 0 aliphatic rings. The Morgan fingerprint density at radius 3 is 2.12 bits per heavy atom. The van der Waals surface area contributed by atoms with E-state index >= 15 is 0 Å². The van der Waals surface area contributed by atoms with E-state index in [4.69, 9.17) is 0 Å². The van der Waals surface area contributed by atoms with Gasteiger partial charge in [0, 0.05) is 24.3 Å². The highest BCUT2D eigenvalue weighted by atomic mass is 16.4. The molecule has 0 amide bonds. The number of anilines is 1. The lowest BCUT2D eigenvalue weighted by Gasteiger charge is -2.22. The van der Waals surface area contributed by atoms with E-state index in [0.29, 0.717) is 5.56 Å². The first-order valence-electron chi connectivity index (χ1n) is 10.9. The van der Waals surface area contributed by atoms with Crippen LogP contribution in [0, 0.1) is 0 Å². The van der Waals surface area contributed by atoms with Crippen LogP contribution in [0.25, 0.3) is 22.9 Å². The lowest BCUT2D eigenvalue weighted by molar-refractivity contribution is 0.0696. The molecule has 0 aliphatic carbocycles. The number of benzene rings is 4. The Morgan fingerprint density at radius 1 is 0.844 bits per heavy atom. The molecule has 0 saturated heterocycles. The van der Waals surface area contributed by atoms with Crippen LogP contribution in [0.4, 0.5) is 5.69 Å². The summed E-state index contributed by atoms with van der Waals surface area (Å²) in [5.74, 6) is -0.934. The van der Waals surface area contributed by atoms with Crippen LogP contribution in [0.5, 0.6) is 0 Å². The van der Waals surface area contributed by atoms with E-state index in [2.05, 4.69) is 49.6 Å². The standard InChI is InChI=1S/C29H27NO2/c1-4-30(5-2)24-17-14-23(15-18-24)27(22-12-10-20(3)11-13-22)28-25-9-7-6-8-21(25)16-19-26(28)29(31)32/h6-19H,3-5H2,1-2H3,(H,31,32). The lowest BCUT2D eigenvalue weighted by Crippen LogP contribution is -2.21. The van der Waals surface area contributed by atoms with Crippen molar-refractivity contribution < 1.29 is 9.90 Å². The van der Waals surface area contributed by atoms with E-state index in [9.17, 15) is 9.90 Å². The predicted molar refractivity (Wildman–Crippen MR) is 134 cm³/mol. The number of aromatic carboxylic acids is 1. The minimum Gasteiger partial charge on any atom is -0.478 e. The van der Waals surface area contributed by atoms with Gasteiger partial charge in [0.2, 0.25) is 0 Å². The highest BCUT2D eigenvalue weighted by Gasteiger charge is 2.19. The number of rotatable bonds is 6. The van der Waals surface area contributed by atoms with Crippen molar-refractivity contribution in [2.75, 3.05) is 18.0 Å². The second kappa shape index (κ2) is 9.11. The number of carboxylic acids is 1. The van der Waals surface area contributed by atoms with E-state index in [1.807, 2.05) is 54.6 Å². The highest BCUT2D eigenvalue weighted by Crippen LogP contribution is 2.32. The monoisotopic (exact) mass is 421 g/mol. The van der Waals surface area contributed by atoms with Gasteiger partial charge in [-0.25, -0.2) is 4.79 Å². The zero-order chi connectivity index (χ0) is 22.7. The maximum Gasteiger partial charge on any atom is 0.336 e. The normalized spacial score (nSPS) is 10.8. The molecule has 4 aromatic rings. The molecule has 3 heteroatoms. The van der Waals surface area contributed by atoms with Crippen LogP contribution >= 0.6 is 0 Å². The van der Waals surface area contributed by atoms with Gasteiger partial charge >= 0.3 is 5.97 Å². The largest absolute Gasteiger partial charge is 0.478 e. The van der Waals surface area contributed by atoms with Gasteiger partial charge in [-0.15, -0.1) is 0 Å². The molecule has 32 heavy (non-hydrogen) atoms. The molecule has 0 saturated carbocycles. The fraction of sp³-hybridized carbons (Fsp3) is 0.138. The Balaban J connectivity index is 2.07. The summed E-state index contributed by atoms with van der Waals surface area (Å²) in [4.78, 5) is 14.6. The van der Waals surface area contributed by atoms with Crippen LogP contribution in [0.1, 0.15) is 35.3 Å². The molecule has 0 bridgehead atoms. The van der Waals surface area contributed by atoms with Crippen molar-refractivity contribution in [1.82, 2.24) is 0 Å². The van der Waals surface area contributed by atoms with Crippen LogP contribution in [-0.4, -0.2) is 24.2 Å². The van der Waals surface area contributed by atoms with Crippen molar-refractivity contribution in [3.63, 3.8) is 0 Å². The Labute approximate surface area is 188 Å². The van der Waals surface area contributed by atoms with Crippen LogP contribution in [0.2, 0.25) is 0 Å². The molecule has 0 unspecified atom stereocenters. The number of carboxylic acid groups (broad SMARTS) is 1. The van der Waals surface area contributed by atoms with Crippen molar-refractivity contribution in [2.24, 2.45) is 0 Å². The van der Waals surface area contributed by atoms with Crippen molar-refractivity contribution in [3.8, 4) is 0 Å². The number of carbonyl (C=O) groups is 1. The van der Waals surface area contributed by atoms with Gasteiger partial charge in [0.25, 0.3) is 0 Å². The SMILES string of the molecule is C=c1ccc(=C(c2ccc(N(CC)CC)cc2)c2c(C(=O)O)ccc3ccccc23)cc1. The molecule has 4 rings (SSSR count). The number of hydrogen-bond acceptors (Lipinski definition) is 2. The van der Waals surface area contributed by atoms with Crippen molar-refractivity contribution >= 4 is 34.6 Å². The third-order valence-electron chi connectivity index (χ3n) is 5.94. The number of nitrogens with zero attached hydrogens (tertiary/aromatic N) is 1. The van der Waals surface area contributed by atoms with Crippen molar-refractivity contribution in [1.29, 1.82) is 0 Å². The molecule has 0 radical (unpaired) electrons. The molecule has 0 aromatic heterocycles. The van der Waals surface area contributed by atoms with E-state index in [-0.39, 0.29) is 0 Å². The van der Waals surface area contributed by atoms with Gasteiger partial charge in [0.15, 0.2) is 0 Å². The second-order valence-electron chi connectivity index (χ2n) is 7.81. The summed E-state index contributed by atoms with van der Waals surface area (Å²) in [6, 6.07) is 27.9. The van der Waals surface area contributed by atoms with Gasteiger partial charge in [-0.2, -0.15) is 0 Å². The first kappa shape index (κ1) is 21.4. The highest BCUT2D eigenvalue weighted by molar-refractivity contribution is 6.06. The third kappa shape index (κ3) is 4.02. The quantitative estimate of drug-likeness (QED) is 0.474. The maximum atomic E-state index is 12.3. The maximum absolute atomic E-state index is 12.3. The summed E-state index contributed by atoms with van der Waals surface area (Å²) in [7, 11) is 0. The van der Waals surface area contributed by atoms with Crippen molar-refractivity contribution in [2.45, 2.75) is 13.8 Å².